The number of nitrogen functional groups attached to an aromatic ring is 1. The molecule has 2 aromatic rings. The molecule has 0 bridgehead atoms. The minimum absolute atomic E-state index is 0.677. The average molecular weight is 228 g/mol. The molecule has 3 N–H and O–H groups in total. The molecule has 2 rings (SSSR count). The van der Waals surface area contributed by atoms with Gasteiger partial charge in [0, 0.05) is 25.5 Å². The van der Waals surface area contributed by atoms with Crippen LogP contribution in [0, 0.1) is 0 Å². The number of anilines is 2. The number of hydrogen-bond donors (Lipinski definition) is 2. The summed E-state index contributed by atoms with van der Waals surface area (Å²) in [5.74, 6) is 5.95. The molecule has 88 valence electrons. The zero-order valence-electron chi connectivity index (χ0n) is 9.80. The molecule has 4 nitrogen and oxygen atoms in total. The number of aromatic nitrogens is 1. The van der Waals surface area contributed by atoms with Gasteiger partial charge in [-0.3, -0.25) is 0 Å². The maximum atomic E-state index is 5.27. The first-order valence-electron chi connectivity index (χ1n) is 5.47. The molecule has 0 aliphatic heterocycles. The predicted molar refractivity (Wildman–Crippen MR) is 70.6 cm³/mol. The summed E-state index contributed by atoms with van der Waals surface area (Å²) in [5.41, 5.74) is 4.85. The average Bonchev–Trinajstić information content (AvgIpc) is 2.40. The monoisotopic (exact) mass is 228 g/mol. The minimum Gasteiger partial charge on any atom is -0.370 e. The summed E-state index contributed by atoms with van der Waals surface area (Å²) >= 11 is 0. The van der Waals surface area contributed by atoms with E-state index in [1.54, 1.807) is 0 Å². The van der Waals surface area contributed by atoms with E-state index in [-0.39, 0.29) is 0 Å². The Kier molecular flexibility index (Phi) is 3.57. The van der Waals surface area contributed by atoms with Gasteiger partial charge in [0.1, 0.15) is 5.82 Å². The number of nitrogens with zero attached hydrogens (tertiary/aromatic N) is 2. The number of rotatable bonds is 4. The molecule has 4 heteroatoms. The maximum Gasteiger partial charge on any atom is 0.139 e. The standard InChI is InChI=1S/C13H16N4/c1-17(12-5-3-2-4-6-12)10-11-7-8-13(16-14)15-9-11/h2-9H,10,14H2,1H3,(H,15,16). The van der Waals surface area contributed by atoms with Crippen LogP contribution in [0.5, 0.6) is 0 Å². The topological polar surface area (TPSA) is 54.2 Å². The van der Waals surface area contributed by atoms with Crippen LogP contribution in [0.25, 0.3) is 0 Å². The van der Waals surface area contributed by atoms with Crippen LogP contribution in [-0.2, 0) is 6.54 Å². The largest absolute Gasteiger partial charge is 0.370 e. The van der Waals surface area contributed by atoms with Crippen molar-refractivity contribution in [2.75, 3.05) is 17.4 Å². The summed E-state index contributed by atoms with van der Waals surface area (Å²) in [7, 11) is 2.06. The molecule has 0 aliphatic rings. The highest BCUT2D eigenvalue weighted by molar-refractivity contribution is 5.46. The van der Waals surface area contributed by atoms with Gasteiger partial charge >= 0.3 is 0 Å². The van der Waals surface area contributed by atoms with E-state index in [9.17, 15) is 0 Å². The van der Waals surface area contributed by atoms with E-state index in [1.165, 1.54) is 5.69 Å². The second-order valence-corrected chi connectivity index (χ2v) is 3.89. The zero-order chi connectivity index (χ0) is 12.1. The van der Waals surface area contributed by atoms with Gasteiger partial charge in [-0.1, -0.05) is 24.3 Å². The molecule has 1 aromatic carbocycles. The lowest BCUT2D eigenvalue weighted by molar-refractivity contribution is 0.915. The van der Waals surface area contributed by atoms with Crippen LogP contribution in [0.15, 0.2) is 48.7 Å². The third-order valence-corrected chi connectivity index (χ3v) is 2.59. The third kappa shape index (κ3) is 2.95. The summed E-state index contributed by atoms with van der Waals surface area (Å²) in [5, 5.41) is 0. The van der Waals surface area contributed by atoms with Crippen molar-refractivity contribution in [2.24, 2.45) is 5.84 Å². The van der Waals surface area contributed by atoms with Crippen molar-refractivity contribution in [3.05, 3.63) is 54.2 Å². The van der Waals surface area contributed by atoms with E-state index in [0.29, 0.717) is 5.82 Å². The first kappa shape index (κ1) is 11.4. The van der Waals surface area contributed by atoms with Gasteiger partial charge in [0.05, 0.1) is 0 Å². The van der Waals surface area contributed by atoms with Crippen molar-refractivity contribution >= 4 is 11.5 Å². The highest BCUT2D eigenvalue weighted by atomic mass is 15.2. The van der Waals surface area contributed by atoms with Gasteiger partial charge in [-0.2, -0.15) is 0 Å². The molecule has 1 aromatic heterocycles. The number of nitrogens with two attached hydrogens (primary N) is 1. The highest BCUT2D eigenvalue weighted by Gasteiger charge is 2.01. The van der Waals surface area contributed by atoms with Gasteiger partial charge in [0.25, 0.3) is 0 Å². The SMILES string of the molecule is CN(Cc1ccc(NN)nc1)c1ccccc1. The van der Waals surface area contributed by atoms with Crippen molar-refractivity contribution in [2.45, 2.75) is 6.54 Å². The Morgan fingerprint density at radius 3 is 2.53 bits per heavy atom. The Labute approximate surface area is 101 Å². The Morgan fingerprint density at radius 1 is 1.18 bits per heavy atom. The number of pyridine rings is 1. The molecule has 0 atom stereocenters. The Morgan fingerprint density at radius 2 is 1.94 bits per heavy atom. The Balaban J connectivity index is 2.05. The number of hydrazine groups is 1. The minimum atomic E-state index is 0.677. The molecule has 0 aliphatic carbocycles. The van der Waals surface area contributed by atoms with Crippen molar-refractivity contribution < 1.29 is 0 Å². The van der Waals surface area contributed by atoms with Crippen LogP contribution >= 0.6 is 0 Å². The van der Waals surface area contributed by atoms with E-state index in [4.69, 9.17) is 5.84 Å². The molecule has 0 amide bonds. The van der Waals surface area contributed by atoms with Gasteiger partial charge in [0.15, 0.2) is 0 Å². The number of nitrogens with one attached hydrogen (secondary N) is 1. The summed E-state index contributed by atoms with van der Waals surface area (Å²) in [6.45, 7) is 0.821. The fourth-order valence-corrected chi connectivity index (χ4v) is 1.65. The van der Waals surface area contributed by atoms with E-state index in [2.05, 4.69) is 34.5 Å². The Hall–Kier alpha value is -2.07. The summed E-state index contributed by atoms with van der Waals surface area (Å²) in [6, 6.07) is 14.1. The van der Waals surface area contributed by atoms with E-state index in [1.807, 2.05) is 36.5 Å². The summed E-state index contributed by atoms with van der Waals surface area (Å²) in [4.78, 5) is 6.35. The summed E-state index contributed by atoms with van der Waals surface area (Å²) < 4.78 is 0. The zero-order valence-corrected chi connectivity index (χ0v) is 9.80. The van der Waals surface area contributed by atoms with Gasteiger partial charge in [-0.05, 0) is 23.8 Å². The number of para-hydroxylation sites is 1. The second kappa shape index (κ2) is 5.32. The molecule has 0 radical (unpaired) electrons. The van der Waals surface area contributed by atoms with Crippen LogP contribution in [0.3, 0.4) is 0 Å². The fraction of sp³-hybridized carbons (Fsp3) is 0.154. The first-order chi connectivity index (χ1) is 8.29. The van der Waals surface area contributed by atoms with Gasteiger partial charge in [-0.25, -0.2) is 10.8 Å². The number of hydrogen-bond acceptors (Lipinski definition) is 4. The lowest BCUT2D eigenvalue weighted by atomic mass is 10.2. The molecule has 0 unspecified atom stereocenters. The lowest BCUT2D eigenvalue weighted by Gasteiger charge is -2.19. The van der Waals surface area contributed by atoms with Crippen LogP contribution in [-0.4, -0.2) is 12.0 Å². The Bertz CT molecular complexity index is 453. The molecule has 1 heterocycles. The third-order valence-electron chi connectivity index (χ3n) is 2.59. The molecule has 0 saturated heterocycles. The molecule has 17 heavy (non-hydrogen) atoms. The number of benzene rings is 1. The van der Waals surface area contributed by atoms with Crippen molar-refractivity contribution in [3.8, 4) is 0 Å². The highest BCUT2D eigenvalue weighted by Crippen LogP contribution is 2.14. The van der Waals surface area contributed by atoms with Crippen LogP contribution in [0.2, 0.25) is 0 Å². The normalized spacial score (nSPS) is 10.0. The quantitative estimate of drug-likeness (QED) is 0.621. The van der Waals surface area contributed by atoms with Gasteiger partial charge < -0.3 is 10.3 Å². The van der Waals surface area contributed by atoms with Crippen LogP contribution in [0.1, 0.15) is 5.56 Å². The predicted octanol–water partition coefficient (Wildman–Crippen LogP) is 2.00. The van der Waals surface area contributed by atoms with E-state index in [0.717, 1.165) is 12.1 Å². The van der Waals surface area contributed by atoms with Crippen molar-refractivity contribution in [1.29, 1.82) is 0 Å². The van der Waals surface area contributed by atoms with E-state index < -0.39 is 0 Å². The van der Waals surface area contributed by atoms with E-state index >= 15 is 0 Å². The maximum absolute atomic E-state index is 5.27. The van der Waals surface area contributed by atoms with Crippen molar-refractivity contribution in [3.63, 3.8) is 0 Å². The molecular formula is C13H16N4. The van der Waals surface area contributed by atoms with Crippen LogP contribution < -0.4 is 16.2 Å². The first-order valence-corrected chi connectivity index (χ1v) is 5.47. The molecule has 0 fully saturated rings. The smallest absolute Gasteiger partial charge is 0.139 e. The van der Waals surface area contributed by atoms with Crippen molar-refractivity contribution in [1.82, 2.24) is 4.98 Å². The second-order valence-electron chi connectivity index (χ2n) is 3.89. The molecular weight excluding hydrogens is 212 g/mol. The molecule has 0 saturated carbocycles. The fourth-order valence-electron chi connectivity index (χ4n) is 1.65. The summed E-state index contributed by atoms with van der Waals surface area (Å²) in [6.07, 6.45) is 1.83. The lowest BCUT2D eigenvalue weighted by Crippen LogP contribution is -2.16. The van der Waals surface area contributed by atoms with Gasteiger partial charge in [-0.15, -0.1) is 0 Å². The van der Waals surface area contributed by atoms with Crippen LogP contribution in [0.4, 0.5) is 11.5 Å². The molecule has 0 spiro atoms. The van der Waals surface area contributed by atoms with Gasteiger partial charge in [0.2, 0.25) is 0 Å².